The minimum absolute atomic E-state index is 0.0491. The van der Waals surface area contributed by atoms with Crippen molar-refractivity contribution in [2.45, 2.75) is 46.2 Å². The van der Waals surface area contributed by atoms with E-state index in [0.717, 1.165) is 22.1 Å². The summed E-state index contributed by atoms with van der Waals surface area (Å²) in [7, 11) is 1.60. The summed E-state index contributed by atoms with van der Waals surface area (Å²) in [5, 5.41) is 0.851. The molecule has 2 amide bonds. The zero-order chi connectivity index (χ0) is 32.9. The minimum Gasteiger partial charge on any atom is -0.493 e. The molecule has 6 rings (SSSR count). The molecule has 0 aliphatic carbocycles. The van der Waals surface area contributed by atoms with E-state index >= 15 is 0 Å². The van der Waals surface area contributed by atoms with Crippen LogP contribution in [0.25, 0.3) is 22.5 Å². The number of carbonyl (C=O) groups is 2. The summed E-state index contributed by atoms with van der Waals surface area (Å²) in [5.41, 5.74) is 2.61. The summed E-state index contributed by atoms with van der Waals surface area (Å²) in [6, 6.07) is 12.8. The van der Waals surface area contributed by atoms with Gasteiger partial charge in [0.1, 0.15) is 17.2 Å². The van der Waals surface area contributed by atoms with Crippen LogP contribution in [0.2, 0.25) is 0 Å². The average Bonchev–Trinajstić information content (AvgIpc) is 3.76. The summed E-state index contributed by atoms with van der Waals surface area (Å²) >= 11 is 1.41. The molecular formula is C34H38N6O6S. The van der Waals surface area contributed by atoms with Crippen molar-refractivity contribution in [3.63, 3.8) is 0 Å². The number of oxazole rings is 1. The number of aryl methyl sites for hydroxylation is 2. The van der Waals surface area contributed by atoms with Crippen LogP contribution in [0.5, 0.6) is 11.5 Å². The maximum atomic E-state index is 13.8. The van der Waals surface area contributed by atoms with E-state index in [0.29, 0.717) is 86.1 Å². The molecule has 0 spiro atoms. The van der Waals surface area contributed by atoms with Crippen LogP contribution in [0.4, 0.5) is 0 Å². The molecule has 2 aromatic carbocycles. The van der Waals surface area contributed by atoms with E-state index in [9.17, 15) is 14.4 Å². The SMILES string of the molecule is COc1ccc2cc1OCCCN(C(=O)Cn1c(=O)oc3ccccc31)CCCCN(C(=O)c1sc(C)nc1C)CCn1ccnc1-2. The number of ether oxygens (including phenoxy) is 2. The molecule has 3 aromatic heterocycles. The molecule has 13 heteroatoms. The highest BCUT2D eigenvalue weighted by molar-refractivity contribution is 7.13. The first-order chi connectivity index (χ1) is 22.8. The number of amides is 2. The number of nitrogens with zero attached hydrogens (tertiary/aromatic N) is 6. The van der Waals surface area contributed by atoms with Gasteiger partial charge in [-0.1, -0.05) is 12.1 Å². The van der Waals surface area contributed by atoms with Crippen LogP contribution >= 0.6 is 11.3 Å². The highest BCUT2D eigenvalue weighted by atomic mass is 32.1. The number of para-hydroxylation sites is 2. The van der Waals surface area contributed by atoms with Crippen LogP contribution in [0, 0.1) is 13.8 Å². The lowest BCUT2D eigenvalue weighted by Crippen LogP contribution is -2.38. The van der Waals surface area contributed by atoms with E-state index < -0.39 is 5.76 Å². The summed E-state index contributed by atoms with van der Waals surface area (Å²) < 4.78 is 20.5. The predicted molar refractivity (Wildman–Crippen MR) is 178 cm³/mol. The first kappa shape index (κ1) is 32.0. The topological polar surface area (TPSA) is 125 Å². The van der Waals surface area contributed by atoms with Gasteiger partial charge >= 0.3 is 5.76 Å². The van der Waals surface area contributed by atoms with Gasteiger partial charge in [0, 0.05) is 50.7 Å². The van der Waals surface area contributed by atoms with Crippen molar-refractivity contribution in [1.29, 1.82) is 0 Å². The molecule has 0 atom stereocenters. The van der Waals surface area contributed by atoms with Gasteiger partial charge in [0.25, 0.3) is 5.91 Å². The zero-order valence-electron chi connectivity index (χ0n) is 26.8. The first-order valence-corrected chi connectivity index (χ1v) is 16.6. The Morgan fingerprint density at radius 1 is 0.979 bits per heavy atom. The average molecular weight is 659 g/mol. The summed E-state index contributed by atoms with van der Waals surface area (Å²) in [6.07, 6.45) is 5.59. The summed E-state index contributed by atoms with van der Waals surface area (Å²) in [6.45, 7) is 6.41. The maximum Gasteiger partial charge on any atom is 0.420 e. The fourth-order valence-electron chi connectivity index (χ4n) is 5.90. The van der Waals surface area contributed by atoms with E-state index in [1.165, 1.54) is 15.9 Å². The number of carbonyl (C=O) groups excluding carboxylic acids is 2. The Kier molecular flexibility index (Phi) is 9.71. The van der Waals surface area contributed by atoms with Gasteiger partial charge in [-0.15, -0.1) is 11.3 Å². The first-order valence-electron chi connectivity index (χ1n) is 15.7. The monoisotopic (exact) mass is 658 g/mol. The highest BCUT2D eigenvalue weighted by Gasteiger charge is 2.23. The van der Waals surface area contributed by atoms with Gasteiger partial charge in [0.05, 0.1) is 29.9 Å². The molecule has 0 saturated carbocycles. The maximum absolute atomic E-state index is 13.8. The van der Waals surface area contributed by atoms with Gasteiger partial charge in [0.15, 0.2) is 17.1 Å². The van der Waals surface area contributed by atoms with Crippen LogP contribution in [0.1, 0.15) is 39.6 Å². The molecule has 12 nitrogen and oxygen atoms in total. The second-order valence-corrected chi connectivity index (χ2v) is 12.7. The molecule has 5 aromatic rings. The van der Waals surface area contributed by atoms with Gasteiger partial charge in [-0.3, -0.25) is 14.2 Å². The van der Waals surface area contributed by atoms with E-state index in [1.807, 2.05) is 53.8 Å². The molecule has 0 unspecified atom stereocenters. The third kappa shape index (κ3) is 7.09. The number of hydrogen-bond donors (Lipinski definition) is 0. The molecule has 0 radical (unpaired) electrons. The normalized spacial score (nSPS) is 14.8. The van der Waals surface area contributed by atoms with Crippen molar-refractivity contribution < 1.29 is 23.5 Å². The second kappa shape index (κ2) is 14.2. The molecule has 47 heavy (non-hydrogen) atoms. The van der Waals surface area contributed by atoms with E-state index in [2.05, 4.69) is 9.97 Å². The lowest BCUT2D eigenvalue weighted by atomic mass is 10.2. The quantitative estimate of drug-likeness (QED) is 0.271. The van der Waals surface area contributed by atoms with Gasteiger partial charge < -0.3 is 28.3 Å². The van der Waals surface area contributed by atoms with Crippen LogP contribution in [0.15, 0.2) is 64.1 Å². The van der Waals surface area contributed by atoms with Crippen molar-refractivity contribution in [2.24, 2.45) is 0 Å². The van der Waals surface area contributed by atoms with Gasteiger partial charge in [-0.05, 0) is 63.4 Å². The Bertz CT molecular complexity index is 1940. The Hall–Kier alpha value is -4.91. The standard InChI is InChI=1S/C34H38N6O6S/c1-23-31(47-24(2)36-23)33(42)39-15-7-6-14-37(30(41)22-40-26-9-4-5-10-27(26)46-34(40)43)16-8-20-45-29-21-25(11-12-28(29)44-3)32-35-13-17-38(32)18-19-39/h4-5,9-13,17,21H,6-8,14-16,18-20,22H2,1-3H3. The zero-order valence-corrected chi connectivity index (χ0v) is 27.6. The molecule has 0 N–H and O–H groups in total. The number of thiazole rings is 1. The molecule has 246 valence electrons. The molecule has 1 aliphatic heterocycles. The van der Waals surface area contributed by atoms with Crippen LogP contribution in [-0.2, 0) is 17.9 Å². The van der Waals surface area contributed by atoms with Crippen molar-refractivity contribution >= 4 is 34.3 Å². The lowest BCUT2D eigenvalue weighted by molar-refractivity contribution is -0.132. The number of imidazole rings is 1. The van der Waals surface area contributed by atoms with Crippen molar-refractivity contribution in [2.75, 3.05) is 39.9 Å². The summed E-state index contributed by atoms with van der Waals surface area (Å²) in [5.74, 6) is 1.12. The fourth-order valence-corrected chi connectivity index (χ4v) is 6.79. The molecule has 2 bridgehead atoms. The lowest BCUT2D eigenvalue weighted by Gasteiger charge is -2.25. The number of rotatable bonds is 4. The number of aromatic nitrogens is 4. The minimum atomic E-state index is -0.567. The van der Waals surface area contributed by atoms with Crippen molar-refractivity contribution in [3.05, 3.63) is 81.0 Å². The Morgan fingerprint density at radius 2 is 1.77 bits per heavy atom. The van der Waals surface area contributed by atoms with Crippen molar-refractivity contribution in [1.82, 2.24) is 28.9 Å². The third-order valence-corrected chi connectivity index (χ3v) is 9.35. The van der Waals surface area contributed by atoms with Gasteiger partial charge in [0.2, 0.25) is 5.91 Å². The molecule has 0 fully saturated rings. The van der Waals surface area contributed by atoms with Crippen LogP contribution in [-0.4, -0.2) is 80.6 Å². The van der Waals surface area contributed by atoms with E-state index in [1.54, 1.807) is 36.4 Å². The largest absolute Gasteiger partial charge is 0.493 e. The summed E-state index contributed by atoms with van der Waals surface area (Å²) in [4.78, 5) is 53.5. The number of fused-ring (bicyclic) bond motifs is 5. The van der Waals surface area contributed by atoms with Gasteiger partial charge in [-0.25, -0.2) is 14.8 Å². The smallest absolute Gasteiger partial charge is 0.420 e. The fraction of sp³-hybridized carbons (Fsp3) is 0.382. The molecular weight excluding hydrogens is 620 g/mol. The van der Waals surface area contributed by atoms with E-state index in [4.69, 9.17) is 13.9 Å². The number of methoxy groups -OCH3 is 1. The van der Waals surface area contributed by atoms with Gasteiger partial charge in [-0.2, -0.15) is 0 Å². The van der Waals surface area contributed by atoms with Crippen molar-refractivity contribution in [3.8, 4) is 22.9 Å². The Labute approximate surface area is 276 Å². The molecule has 0 saturated heterocycles. The van der Waals surface area contributed by atoms with E-state index in [-0.39, 0.29) is 18.4 Å². The second-order valence-electron chi connectivity index (χ2n) is 11.5. The Balaban J connectivity index is 1.27. The van der Waals surface area contributed by atoms with Crippen LogP contribution in [0.3, 0.4) is 0 Å². The molecule has 4 heterocycles. The highest BCUT2D eigenvalue weighted by Crippen LogP contribution is 2.32. The molecule has 1 aliphatic rings. The number of benzene rings is 2. The Morgan fingerprint density at radius 3 is 2.55 bits per heavy atom. The number of hydrogen-bond acceptors (Lipinski definition) is 9. The third-order valence-electron chi connectivity index (χ3n) is 8.29. The predicted octanol–water partition coefficient (Wildman–Crippen LogP) is 4.77. The van der Waals surface area contributed by atoms with Crippen LogP contribution < -0.4 is 15.2 Å².